The number of rotatable bonds is 6. The monoisotopic (exact) mass is 356 g/mol. The van der Waals surface area contributed by atoms with Crippen molar-refractivity contribution in [3.63, 3.8) is 0 Å². The molecule has 1 aliphatic rings. The third-order valence-corrected chi connectivity index (χ3v) is 4.64. The number of hydrogen-bond acceptors (Lipinski definition) is 7. The molecule has 0 unspecified atom stereocenters. The Hall–Kier alpha value is -2.39. The number of ether oxygens (including phenoxy) is 1. The lowest BCUT2D eigenvalue weighted by atomic mass is 9.96. The molecule has 4 rings (SSSR count). The fourth-order valence-corrected chi connectivity index (χ4v) is 2.85. The van der Waals surface area contributed by atoms with Gasteiger partial charge in [0.25, 0.3) is 0 Å². The van der Waals surface area contributed by atoms with E-state index in [4.69, 9.17) is 14.9 Å². The van der Waals surface area contributed by atoms with Gasteiger partial charge in [-0.05, 0) is 37.5 Å². The Morgan fingerprint density at radius 3 is 2.62 bits per heavy atom. The minimum Gasteiger partial charge on any atom is -0.386 e. The van der Waals surface area contributed by atoms with Crippen LogP contribution >= 0.6 is 0 Å². The van der Waals surface area contributed by atoms with Crippen LogP contribution < -0.4 is 0 Å². The molecule has 1 atom stereocenters. The van der Waals surface area contributed by atoms with Gasteiger partial charge in [-0.25, -0.2) is 9.67 Å². The van der Waals surface area contributed by atoms with Gasteiger partial charge in [-0.15, -0.1) is 0 Å². The first-order chi connectivity index (χ1) is 12.6. The molecule has 1 saturated carbocycles. The van der Waals surface area contributed by atoms with E-state index in [1.54, 1.807) is 23.1 Å². The Morgan fingerprint density at radius 2 is 1.96 bits per heavy atom. The standard InChI is InChI=1S/C18H20N4O4/c23-16(10-26-14-2-1-3-14)11-6-12-8-21-22(17(12)20-7-11)13-4-5-15(18(24)25)19-9-13/h4-9,14,16,18,23-25H,1-3,10H2/t16-/m0/s1. The summed E-state index contributed by atoms with van der Waals surface area (Å²) in [4.78, 5) is 8.41. The summed E-state index contributed by atoms with van der Waals surface area (Å²) in [5.41, 5.74) is 2.13. The molecule has 8 nitrogen and oxygen atoms in total. The highest BCUT2D eigenvalue weighted by Crippen LogP contribution is 2.25. The van der Waals surface area contributed by atoms with E-state index in [2.05, 4.69) is 15.1 Å². The molecule has 0 aliphatic heterocycles. The minimum atomic E-state index is -1.61. The maximum atomic E-state index is 10.3. The Balaban J connectivity index is 1.54. The van der Waals surface area contributed by atoms with E-state index in [1.807, 2.05) is 6.07 Å². The molecule has 26 heavy (non-hydrogen) atoms. The van der Waals surface area contributed by atoms with Crippen molar-refractivity contribution in [1.29, 1.82) is 0 Å². The molecule has 3 N–H and O–H groups in total. The average molecular weight is 356 g/mol. The van der Waals surface area contributed by atoms with Crippen molar-refractivity contribution in [2.45, 2.75) is 37.8 Å². The van der Waals surface area contributed by atoms with E-state index < -0.39 is 12.4 Å². The molecule has 136 valence electrons. The number of aliphatic hydroxyl groups excluding tert-OH is 2. The second-order valence-corrected chi connectivity index (χ2v) is 6.45. The number of aliphatic hydroxyl groups is 3. The van der Waals surface area contributed by atoms with Crippen LogP contribution in [0.4, 0.5) is 0 Å². The molecule has 0 amide bonds. The van der Waals surface area contributed by atoms with Crippen LogP contribution in [0.5, 0.6) is 0 Å². The van der Waals surface area contributed by atoms with Crippen molar-refractivity contribution >= 4 is 11.0 Å². The molecular weight excluding hydrogens is 336 g/mol. The Morgan fingerprint density at radius 1 is 1.12 bits per heavy atom. The highest BCUT2D eigenvalue weighted by molar-refractivity contribution is 5.76. The van der Waals surface area contributed by atoms with E-state index in [9.17, 15) is 5.11 Å². The van der Waals surface area contributed by atoms with Gasteiger partial charge in [0.05, 0.1) is 36.5 Å². The van der Waals surface area contributed by atoms with Gasteiger partial charge in [0.1, 0.15) is 6.10 Å². The van der Waals surface area contributed by atoms with Crippen LogP contribution in [0.3, 0.4) is 0 Å². The van der Waals surface area contributed by atoms with Crippen molar-refractivity contribution < 1.29 is 20.1 Å². The van der Waals surface area contributed by atoms with Crippen LogP contribution in [-0.4, -0.2) is 47.8 Å². The smallest absolute Gasteiger partial charge is 0.196 e. The predicted molar refractivity (Wildman–Crippen MR) is 92.4 cm³/mol. The van der Waals surface area contributed by atoms with Gasteiger partial charge in [-0.2, -0.15) is 5.10 Å². The maximum absolute atomic E-state index is 10.3. The first-order valence-electron chi connectivity index (χ1n) is 8.57. The first-order valence-corrected chi connectivity index (χ1v) is 8.57. The molecule has 1 aliphatic carbocycles. The van der Waals surface area contributed by atoms with E-state index >= 15 is 0 Å². The van der Waals surface area contributed by atoms with Crippen molar-refractivity contribution in [2.24, 2.45) is 0 Å². The van der Waals surface area contributed by atoms with Gasteiger partial charge in [-0.1, -0.05) is 0 Å². The van der Waals surface area contributed by atoms with Crippen LogP contribution in [0.25, 0.3) is 16.7 Å². The molecular formula is C18H20N4O4. The molecule has 0 radical (unpaired) electrons. The number of aromatic nitrogens is 4. The summed E-state index contributed by atoms with van der Waals surface area (Å²) in [6.07, 6.45) is 6.06. The van der Waals surface area contributed by atoms with Crippen molar-refractivity contribution in [3.8, 4) is 5.69 Å². The fourth-order valence-electron chi connectivity index (χ4n) is 2.85. The minimum absolute atomic E-state index is 0.162. The van der Waals surface area contributed by atoms with Crippen molar-refractivity contribution in [1.82, 2.24) is 19.7 Å². The second kappa shape index (κ2) is 7.08. The highest BCUT2D eigenvalue weighted by atomic mass is 16.5. The molecule has 0 aromatic carbocycles. The molecule has 3 aromatic rings. The zero-order valence-electron chi connectivity index (χ0n) is 14.1. The predicted octanol–water partition coefficient (Wildman–Crippen LogP) is 1.40. The third-order valence-electron chi connectivity index (χ3n) is 4.64. The third kappa shape index (κ3) is 3.32. The number of fused-ring (bicyclic) bond motifs is 1. The molecule has 3 aromatic heterocycles. The van der Waals surface area contributed by atoms with E-state index in [1.165, 1.54) is 18.7 Å². The van der Waals surface area contributed by atoms with Gasteiger partial charge < -0.3 is 20.1 Å². The van der Waals surface area contributed by atoms with Gasteiger partial charge >= 0.3 is 0 Å². The Labute approximate surface area is 149 Å². The van der Waals surface area contributed by atoms with Gasteiger partial charge in [0.15, 0.2) is 11.9 Å². The van der Waals surface area contributed by atoms with E-state index in [0.29, 0.717) is 16.9 Å². The summed E-state index contributed by atoms with van der Waals surface area (Å²) in [6.45, 7) is 0.265. The molecule has 8 heteroatoms. The average Bonchev–Trinajstić information content (AvgIpc) is 3.03. The highest BCUT2D eigenvalue weighted by Gasteiger charge is 2.20. The number of nitrogens with zero attached hydrogens (tertiary/aromatic N) is 4. The van der Waals surface area contributed by atoms with Crippen LogP contribution in [0.15, 0.2) is 36.8 Å². The molecule has 0 bridgehead atoms. The summed E-state index contributed by atoms with van der Waals surface area (Å²) >= 11 is 0. The van der Waals surface area contributed by atoms with Crippen molar-refractivity contribution in [2.75, 3.05) is 6.61 Å². The van der Waals surface area contributed by atoms with Crippen LogP contribution in [0.1, 0.15) is 42.9 Å². The Kier molecular flexibility index (Phi) is 4.64. The quantitative estimate of drug-likeness (QED) is 0.572. The second-order valence-electron chi connectivity index (χ2n) is 6.45. The molecule has 3 heterocycles. The van der Waals surface area contributed by atoms with Crippen LogP contribution in [-0.2, 0) is 4.74 Å². The zero-order chi connectivity index (χ0) is 18.1. The SMILES string of the molecule is OC(O)c1ccc(-n2ncc3cc([C@@H](O)COC4CCC4)cnc32)cn1. The van der Waals surface area contributed by atoms with Crippen molar-refractivity contribution in [3.05, 3.63) is 48.0 Å². The Bertz CT molecular complexity index is 890. The van der Waals surface area contributed by atoms with Crippen LogP contribution in [0, 0.1) is 0 Å². The zero-order valence-corrected chi connectivity index (χ0v) is 14.1. The van der Waals surface area contributed by atoms with Gasteiger partial charge in [0.2, 0.25) is 0 Å². The lowest BCUT2D eigenvalue weighted by Gasteiger charge is -2.26. The topological polar surface area (TPSA) is 114 Å². The number of pyridine rings is 2. The summed E-state index contributed by atoms with van der Waals surface area (Å²) in [5, 5.41) is 33.6. The summed E-state index contributed by atoms with van der Waals surface area (Å²) < 4.78 is 7.27. The molecule has 0 saturated heterocycles. The van der Waals surface area contributed by atoms with Gasteiger partial charge in [-0.3, -0.25) is 4.98 Å². The summed E-state index contributed by atoms with van der Waals surface area (Å²) in [6, 6.07) is 5.05. The normalized spacial score (nSPS) is 16.2. The number of hydrogen-bond donors (Lipinski definition) is 3. The largest absolute Gasteiger partial charge is 0.386 e. The summed E-state index contributed by atoms with van der Waals surface area (Å²) in [5.74, 6) is 0. The summed E-state index contributed by atoms with van der Waals surface area (Å²) in [7, 11) is 0. The van der Waals surface area contributed by atoms with Gasteiger partial charge in [0, 0.05) is 17.1 Å². The lowest BCUT2D eigenvalue weighted by Crippen LogP contribution is -2.24. The first kappa shape index (κ1) is 17.0. The maximum Gasteiger partial charge on any atom is 0.196 e. The van der Waals surface area contributed by atoms with E-state index in [0.717, 1.165) is 18.2 Å². The van der Waals surface area contributed by atoms with Crippen LogP contribution in [0.2, 0.25) is 0 Å². The molecule has 1 fully saturated rings. The fraction of sp³-hybridized carbons (Fsp3) is 0.389. The van der Waals surface area contributed by atoms with E-state index in [-0.39, 0.29) is 18.4 Å². The lowest BCUT2D eigenvalue weighted by molar-refractivity contribution is -0.0458. The molecule has 0 spiro atoms.